The highest BCUT2D eigenvalue weighted by Gasteiger charge is 2.51. The molecule has 2 heterocycles. The van der Waals surface area contributed by atoms with Gasteiger partial charge in [0.15, 0.2) is 5.58 Å². The SMILES string of the molecule is Cn1c(=O)oc2cc(C3CCN(C(=O)NCCCCc4ccccc4)C(C)(C)C3C(C)(C)C)ccc21. The number of nitrogens with one attached hydrogen (secondary N) is 1. The third kappa shape index (κ3) is 5.23. The number of aromatic nitrogens is 1. The Morgan fingerprint density at radius 1 is 1.11 bits per heavy atom. The van der Waals surface area contributed by atoms with Crippen LogP contribution in [0.2, 0.25) is 0 Å². The van der Waals surface area contributed by atoms with E-state index < -0.39 is 0 Å². The van der Waals surface area contributed by atoms with Gasteiger partial charge in [0.2, 0.25) is 0 Å². The third-order valence-electron chi connectivity index (χ3n) is 7.96. The monoisotopic (exact) mass is 491 g/mol. The molecule has 6 nitrogen and oxygen atoms in total. The van der Waals surface area contributed by atoms with Crippen LogP contribution in [0, 0.1) is 11.3 Å². The van der Waals surface area contributed by atoms with Crippen LogP contribution >= 0.6 is 0 Å². The maximum Gasteiger partial charge on any atom is 0.419 e. The van der Waals surface area contributed by atoms with Crippen LogP contribution in [-0.4, -0.2) is 34.1 Å². The van der Waals surface area contributed by atoms with Crippen molar-refractivity contribution >= 4 is 17.1 Å². The van der Waals surface area contributed by atoms with Crippen LogP contribution in [0.4, 0.5) is 4.79 Å². The zero-order valence-electron chi connectivity index (χ0n) is 22.6. The summed E-state index contributed by atoms with van der Waals surface area (Å²) in [4.78, 5) is 27.4. The van der Waals surface area contributed by atoms with Gasteiger partial charge in [-0.1, -0.05) is 57.2 Å². The van der Waals surface area contributed by atoms with Crippen molar-refractivity contribution in [3.8, 4) is 0 Å². The first-order chi connectivity index (χ1) is 17.0. The summed E-state index contributed by atoms with van der Waals surface area (Å²) in [6, 6.07) is 16.6. The second kappa shape index (κ2) is 10.2. The summed E-state index contributed by atoms with van der Waals surface area (Å²) >= 11 is 0. The number of likely N-dealkylation sites (tertiary alicyclic amines) is 1. The first-order valence-electron chi connectivity index (χ1n) is 13.2. The van der Waals surface area contributed by atoms with E-state index in [9.17, 15) is 9.59 Å². The molecular formula is C30H41N3O3. The lowest BCUT2D eigenvalue weighted by Gasteiger charge is -2.56. The normalized spacial score (nSPS) is 20.0. The fourth-order valence-corrected chi connectivity index (χ4v) is 6.54. The maximum absolute atomic E-state index is 13.3. The molecule has 1 aliphatic rings. The zero-order valence-corrected chi connectivity index (χ0v) is 22.6. The Hall–Kier alpha value is -3.02. The van der Waals surface area contributed by atoms with Crippen molar-refractivity contribution in [2.75, 3.05) is 13.1 Å². The van der Waals surface area contributed by atoms with E-state index in [0.717, 1.165) is 31.2 Å². The van der Waals surface area contributed by atoms with Gasteiger partial charge in [-0.2, -0.15) is 0 Å². The van der Waals surface area contributed by atoms with Gasteiger partial charge in [0, 0.05) is 25.7 Å². The number of carbonyl (C=O) groups excluding carboxylic acids is 1. The van der Waals surface area contributed by atoms with E-state index in [2.05, 4.69) is 70.3 Å². The summed E-state index contributed by atoms with van der Waals surface area (Å²) in [6.45, 7) is 12.6. The molecule has 2 aromatic carbocycles. The lowest BCUT2D eigenvalue weighted by Crippen LogP contribution is -2.62. The van der Waals surface area contributed by atoms with E-state index in [0.29, 0.717) is 18.7 Å². The Kier molecular flexibility index (Phi) is 7.35. The van der Waals surface area contributed by atoms with Crippen LogP contribution in [-0.2, 0) is 13.5 Å². The minimum absolute atomic E-state index is 0.0249. The van der Waals surface area contributed by atoms with Crippen molar-refractivity contribution in [2.45, 2.75) is 71.8 Å². The number of piperidine rings is 1. The van der Waals surface area contributed by atoms with Gasteiger partial charge in [-0.3, -0.25) is 4.57 Å². The number of fused-ring (bicyclic) bond motifs is 1. The standard InChI is InChI=1S/C30H41N3O3/c1-29(2,3)26-23(22-15-16-24-25(20-22)36-28(35)32(24)6)17-19-33(30(26,4)5)27(34)31-18-11-10-14-21-12-8-7-9-13-21/h7-9,12-13,15-16,20,23,26H,10-11,14,17-19H2,1-6H3,(H,31,34). The van der Waals surface area contributed by atoms with Crippen molar-refractivity contribution < 1.29 is 9.21 Å². The molecule has 1 aromatic heterocycles. The topological polar surface area (TPSA) is 67.5 Å². The van der Waals surface area contributed by atoms with E-state index >= 15 is 0 Å². The van der Waals surface area contributed by atoms with Crippen molar-refractivity contribution in [1.29, 1.82) is 0 Å². The molecule has 0 bridgehead atoms. The van der Waals surface area contributed by atoms with Gasteiger partial charge in [0.25, 0.3) is 0 Å². The maximum atomic E-state index is 13.3. The van der Waals surface area contributed by atoms with Gasteiger partial charge >= 0.3 is 11.8 Å². The number of benzene rings is 2. The molecule has 194 valence electrons. The van der Waals surface area contributed by atoms with Crippen LogP contribution in [0.5, 0.6) is 0 Å². The molecule has 4 rings (SSSR count). The predicted octanol–water partition coefficient (Wildman–Crippen LogP) is 6.09. The van der Waals surface area contributed by atoms with Gasteiger partial charge < -0.3 is 14.6 Å². The second-order valence-electron chi connectivity index (χ2n) is 11.9. The molecule has 0 saturated carbocycles. The van der Waals surface area contributed by atoms with E-state index in [-0.39, 0.29) is 34.6 Å². The molecule has 3 aromatic rings. The zero-order chi connectivity index (χ0) is 26.1. The minimum atomic E-state index is -0.345. The van der Waals surface area contributed by atoms with Crippen LogP contribution < -0.4 is 11.1 Å². The molecule has 0 radical (unpaired) electrons. The third-order valence-corrected chi connectivity index (χ3v) is 7.96. The molecule has 2 unspecified atom stereocenters. The Morgan fingerprint density at radius 3 is 2.53 bits per heavy atom. The van der Waals surface area contributed by atoms with E-state index in [1.165, 1.54) is 15.7 Å². The number of unbranched alkanes of at least 4 members (excludes halogenated alkanes) is 1. The van der Waals surface area contributed by atoms with Crippen LogP contribution in [0.3, 0.4) is 0 Å². The number of amides is 2. The fraction of sp³-hybridized carbons (Fsp3) is 0.533. The first kappa shape index (κ1) is 26.1. The molecule has 1 aliphatic heterocycles. The number of oxazole rings is 1. The summed E-state index contributed by atoms with van der Waals surface area (Å²) in [5.41, 5.74) is 3.57. The number of urea groups is 1. The Balaban J connectivity index is 1.46. The van der Waals surface area contributed by atoms with Gasteiger partial charge in [-0.05, 0) is 80.0 Å². The van der Waals surface area contributed by atoms with Crippen LogP contribution in [0.25, 0.3) is 11.1 Å². The highest BCUT2D eigenvalue weighted by Crippen LogP contribution is 2.51. The second-order valence-corrected chi connectivity index (χ2v) is 11.9. The van der Waals surface area contributed by atoms with Crippen LogP contribution in [0.15, 0.2) is 57.7 Å². The highest BCUT2D eigenvalue weighted by atomic mass is 16.4. The lowest BCUT2D eigenvalue weighted by molar-refractivity contribution is -0.0182. The molecule has 2 atom stereocenters. The predicted molar refractivity (Wildman–Crippen MR) is 145 cm³/mol. The molecule has 1 saturated heterocycles. The van der Waals surface area contributed by atoms with Crippen molar-refractivity contribution in [1.82, 2.24) is 14.8 Å². The van der Waals surface area contributed by atoms with Gasteiger partial charge in [0.05, 0.1) is 5.52 Å². The van der Waals surface area contributed by atoms with E-state index in [1.807, 2.05) is 23.1 Å². The largest absolute Gasteiger partial charge is 0.419 e. The average Bonchev–Trinajstić information content (AvgIpc) is 3.10. The van der Waals surface area contributed by atoms with Gasteiger partial charge in [-0.15, -0.1) is 0 Å². The fourth-order valence-electron chi connectivity index (χ4n) is 6.54. The van der Waals surface area contributed by atoms with Crippen molar-refractivity contribution in [3.63, 3.8) is 0 Å². The first-order valence-corrected chi connectivity index (χ1v) is 13.2. The number of aryl methyl sites for hydroxylation is 2. The van der Waals surface area contributed by atoms with E-state index in [4.69, 9.17) is 4.42 Å². The molecule has 2 amide bonds. The van der Waals surface area contributed by atoms with Crippen molar-refractivity contribution in [2.24, 2.45) is 18.4 Å². The number of carbonyl (C=O) groups is 1. The molecular weight excluding hydrogens is 450 g/mol. The van der Waals surface area contributed by atoms with Gasteiger partial charge in [-0.25, -0.2) is 9.59 Å². The summed E-state index contributed by atoms with van der Waals surface area (Å²) in [5.74, 6) is 0.130. The molecule has 0 aliphatic carbocycles. The lowest BCUT2D eigenvalue weighted by atomic mass is 9.59. The number of nitrogens with zero attached hydrogens (tertiary/aromatic N) is 2. The smallest absolute Gasteiger partial charge is 0.408 e. The summed E-state index contributed by atoms with van der Waals surface area (Å²) in [7, 11) is 1.73. The summed E-state index contributed by atoms with van der Waals surface area (Å²) < 4.78 is 7.03. The quantitative estimate of drug-likeness (QED) is 0.424. The number of hydrogen-bond acceptors (Lipinski definition) is 3. The number of rotatable bonds is 6. The summed E-state index contributed by atoms with van der Waals surface area (Å²) in [5, 5.41) is 3.19. The summed E-state index contributed by atoms with van der Waals surface area (Å²) in [6.07, 6.45) is 3.92. The highest BCUT2D eigenvalue weighted by molar-refractivity contribution is 5.76. The Morgan fingerprint density at radius 2 is 1.83 bits per heavy atom. The molecule has 1 N–H and O–H groups in total. The molecule has 1 fully saturated rings. The van der Waals surface area contributed by atoms with Gasteiger partial charge in [0.1, 0.15) is 0 Å². The van der Waals surface area contributed by atoms with E-state index in [1.54, 1.807) is 7.05 Å². The minimum Gasteiger partial charge on any atom is -0.408 e. The molecule has 36 heavy (non-hydrogen) atoms. The van der Waals surface area contributed by atoms with Crippen molar-refractivity contribution in [3.05, 3.63) is 70.2 Å². The Labute approximate surface area is 214 Å². The molecule has 0 spiro atoms. The molecule has 6 heteroatoms. The van der Waals surface area contributed by atoms with Crippen LogP contribution in [0.1, 0.15) is 70.9 Å². The Bertz CT molecular complexity index is 1250. The average molecular weight is 492 g/mol. The number of hydrogen-bond donors (Lipinski definition) is 1.